The standard InChI is InChI=1S/C21H26N4O8/c1-4-13-5-6-16(25(30)31)14(7-13)12(3)32-21(29)22-15-8-18(33-17(15)10-26)24-9-11(2)19(27)23-20(24)28/h5-7,9,12,15,17-18,26H,4,8,10H2,1-3H3,(H,22,29)(H,23,27,28)/t12?,15-,17-,18-/m1/s1. The topological polar surface area (TPSA) is 166 Å². The summed E-state index contributed by atoms with van der Waals surface area (Å²) in [7, 11) is 0. The van der Waals surface area contributed by atoms with E-state index in [-0.39, 0.29) is 17.7 Å². The lowest BCUT2D eigenvalue weighted by molar-refractivity contribution is -0.386. The first-order chi connectivity index (χ1) is 15.6. The van der Waals surface area contributed by atoms with Crippen molar-refractivity contribution in [2.75, 3.05) is 6.61 Å². The van der Waals surface area contributed by atoms with Crippen molar-refractivity contribution >= 4 is 11.8 Å². The highest BCUT2D eigenvalue weighted by molar-refractivity contribution is 5.68. The Labute approximate surface area is 188 Å². The molecule has 3 rings (SSSR count). The normalized spacial score (nSPS) is 20.9. The number of nitrogens with zero attached hydrogens (tertiary/aromatic N) is 2. The number of aryl methyl sites for hydroxylation is 2. The average molecular weight is 462 g/mol. The zero-order valence-corrected chi connectivity index (χ0v) is 18.4. The predicted molar refractivity (Wildman–Crippen MR) is 116 cm³/mol. The van der Waals surface area contributed by atoms with E-state index in [1.807, 2.05) is 6.92 Å². The van der Waals surface area contributed by atoms with Crippen LogP contribution in [0.2, 0.25) is 0 Å². The minimum absolute atomic E-state index is 0.131. The molecule has 1 aromatic carbocycles. The Morgan fingerprint density at radius 1 is 1.45 bits per heavy atom. The van der Waals surface area contributed by atoms with Gasteiger partial charge in [0, 0.05) is 24.2 Å². The van der Waals surface area contributed by atoms with Gasteiger partial charge in [-0.05, 0) is 31.9 Å². The fourth-order valence-corrected chi connectivity index (χ4v) is 3.75. The minimum Gasteiger partial charge on any atom is -0.441 e. The van der Waals surface area contributed by atoms with Gasteiger partial charge in [-0.25, -0.2) is 9.59 Å². The third kappa shape index (κ3) is 5.29. The minimum atomic E-state index is -0.910. The smallest absolute Gasteiger partial charge is 0.408 e. The van der Waals surface area contributed by atoms with Crippen molar-refractivity contribution in [1.29, 1.82) is 0 Å². The molecule has 3 N–H and O–H groups in total. The Hall–Kier alpha value is -3.51. The molecule has 1 aromatic heterocycles. The molecule has 178 valence electrons. The quantitative estimate of drug-likeness (QED) is 0.411. The van der Waals surface area contributed by atoms with Gasteiger partial charge in [-0.15, -0.1) is 0 Å². The molecule has 33 heavy (non-hydrogen) atoms. The van der Waals surface area contributed by atoms with E-state index in [9.17, 15) is 29.6 Å². The molecule has 0 saturated carbocycles. The van der Waals surface area contributed by atoms with Crippen LogP contribution in [0.5, 0.6) is 0 Å². The van der Waals surface area contributed by atoms with Gasteiger partial charge >= 0.3 is 11.8 Å². The summed E-state index contributed by atoms with van der Waals surface area (Å²) in [5.41, 5.74) is 0.0929. The molecule has 12 nitrogen and oxygen atoms in total. The lowest BCUT2D eigenvalue weighted by Crippen LogP contribution is -2.42. The second-order valence-electron chi connectivity index (χ2n) is 7.83. The van der Waals surface area contributed by atoms with Crippen molar-refractivity contribution in [3.63, 3.8) is 0 Å². The Morgan fingerprint density at radius 3 is 2.82 bits per heavy atom. The van der Waals surface area contributed by atoms with Crippen molar-refractivity contribution < 1.29 is 24.3 Å². The fraction of sp³-hybridized carbons (Fsp3) is 0.476. The van der Waals surface area contributed by atoms with Crippen LogP contribution in [0.4, 0.5) is 10.5 Å². The molecule has 1 aliphatic rings. The number of H-pyrrole nitrogens is 1. The van der Waals surface area contributed by atoms with Crippen LogP contribution >= 0.6 is 0 Å². The monoisotopic (exact) mass is 462 g/mol. The number of alkyl carbamates (subject to hydrolysis) is 1. The lowest BCUT2D eigenvalue weighted by atomic mass is 10.0. The summed E-state index contributed by atoms with van der Waals surface area (Å²) < 4.78 is 12.3. The molecule has 1 aliphatic heterocycles. The summed E-state index contributed by atoms with van der Waals surface area (Å²) in [4.78, 5) is 49.3. The van der Waals surface area contributed by atoms with E-state index >= 15 is 0 Å². The second kappa shape index (κ2) is 9.96. The Balaban J connectivity index is 1.72. The largest absolute Gasteiger partial charge is 0.441 e. The van der Waals surface area contributed by atoms with Gasteiger partial charge in [0.05, 0.1) is 23.1 Å². The van der Waals surface area contributed by atoms with Gasteiger partial charge < -0.3 is 19.9 Å². The number of nitrogens with one attached hydrogen (secondary N) is 2. The Kier molecular flexibility index (Phi) is 7.29. The molecule has 1 unspecified atom stereocenters. The van der Waals surface area contributed by atoms with Crippen molar-refractivity contribution in [1.82, 2.24) is 14.9 Å². The van der Waals surface area contributed by atoms with E-state index in [4.69, 9.17) is 9.47 Å². The number of nitro groups is 1. The highest BCUT2D eigenvalue weighted by Gasteiger charge is 2.38. The number of carbonyl (C=O) groups excluding carboxylic acids is 1. The van der Waals surface area contributed by atoms with Gasteiger partial charge in [0.25, 0.3) is 11.2 Å². The number of hydrogen-bond donors (Lipinski definition) is 3. The van der Waals surface area contributed by atoms with Crippen LogP contribution in [0.3, 0.4) is 0 Å². The number of amides is 1. The van der Waals surface area contributed by atoms with Crippen molar-refractivity contribution in [3.8, 4) is 0 Å². The number of aliphatic hydroxyl groups is 1. The van der Waals surface area contributed by atoms with Gasteiger partial charge in [0.2, 0.25) is 0 Å². The van der Waals surface area contributed by atoms with Crippen LogP contribution < -0.4 is 16.6 Å². The van der Waals surface area contributed by atoms with E-state index in [0.717, 1.165) is 5.56 Å². The third-order valence-electron chi connectivity index (χ3n) is 5.59. The highest BCUT2D eigenvalue weighted by atomic mass is 16.6. The average Bonchev–Trinajstić information content (AvgIpc) is 3.17. The molecule has 0 radical (unpaired) electrons. The van der Waals surface area contributed by atoms with E-state index < -0.39 is 53.4 Å². The number of ether oxygens (including phenoxy) is 2. The molecular formula is C21H26N4O8. The van der Waals surface area contributed by atoms with Crippen LogP contribution in [-0.2, 0) is 15.9 Å². The fourth-order valence-electron chi connectivity index (χ4n) is 3.75. The van der Waals surface area contributed by atoms with Crippen LogP contribution in [0.15, 0.2) is 34.0 Å². The summed E-state index contributed by atoms with van der Waals surface area (Å²) in [6, 6.07) is 3.96. The first kappa shape index (κ1) is 24.1. The Bertz CT molecular complexity index is 1160. The van der Waals surface area contributed by atoms with Crippen LogP contribution in [0, 0.1) is 17.0 Å². The number of benzene rings is 1. The van der Waals surface area contributed by atoms with E-state index in [2.05, 4.69) is 10.3 Å². The van der Waals surface area contributed by atoms with Gasteiger partial charge in [0.1, 0.15) is 18.4 Å². The number of nitro benzene ring substituents is 1. The van der Waals surface area contributed by atoms with E-state index in [1.54, 1.807) is 12.1 Å². The highest BCUT2D eigenvalue weighted by Crippen LogP contribution is 2.30. The molecule has 0 spiro atoms. The van der Waals surface area contributed by atoms with Crippen LogP contribution in [0.1, 0.15) is 49.3 Å². The molecule has 0 bridgehead atoms. The molecule has 4 atom stereocenters. The molecule has 1 amide bonds. The number of aromatic nitrogens is 2. The van der Waals surface area contributed by atoms with Crippen molar-refractivity contribution in [2.24, 2.45) is 0 Å². The summed E-state index contributed by atoms with van der Waals surface area (Å²) >= 11 is 0. The predicted octanol–water partition coefficient (Wildman–Crippen LogP) is 1.45. The van der Waals surface area contributed by atoms with Gasteiger partial charge in [-0.3, -0.25) is 24.5 Å². The first-order valence-electron chi connectivity index (χ1n) is 10.5. The summed E-state index contributed by atoms with van der Waals surface area (Å²) in [6.45, 7) is 4.54. The maximum absolute atomic E-state index is 12.5. The Morgan fingerprint density at radius 2 is 2.18 bits per heavy atom. The summed E-state index contributed by atoms with van der Waals surface area (Å²) in [5, 5.41) is 23.6. The number of carbonyl (C=O) groups is 1. The maximum atomic E-state index is 12.5. The maximum Gasteiger partial charge on any atom is 0.408 e. The zero-order valence-electron chi connectivity index (χ0n) is 18.4. The molecular weight excluding hydrogens is 436 g/mol. The lowest BCUT2D eigenvalue weighted by Gasteiger charge is -2.20. The van der Waals surface area contributed by atoms with Gasteiger partial charge in [-0.1, -0.05) is 13.0 Å². The number of aromatic amines is 1. The molecule has 1 saturated heterocycles. The molecule has 0 aliphatic carbocycles. The SMILES string of the molecule is CCc1ccc([N+](=O)[O-])c(C(C)OC(=O)N[C@@H]2C[C@H](n3cc(C)c(=O)[nH]c3=O)O[C@@H]2CO)c1. The van der Waals surface area contributed by atoms with Crippen LogP contribution in [-0.4, -0.2) is 44.4 Å². The zero-order chi connectivity index (χ0) is 24.3. The molecule has 2 aromatic rings. The van der Waals surface area contributed by atoms with E-state index in [0.29, 0.717) is 12.0 Å². The summed E-state index contributed by atoms with van der Waals surface area (Å²) in [6.07, 6.45) is -1.27. The van der Waals surface area contributed by atoms with Crippen LogP contribution in [0.25, 0.3) is 0 Å². The molecule has 1 fully saturated rings. The number of rotatable bonds is 7. The second-order valence-corrected chi connectivity index (χ2v) is 7.83. The molecule has 2 heterocycles. The number of aliphatic hydroxyl groups excluding tert-OH is 1. The van der Waals surface area contributed by atoms with Gasteiger partial charge in [-0.2, -0.15) is 0 Å². The first-order valence-corrected chi connectivity index (χ1v) is 10.5. The van der Waals surface area contributed by atoms with Crippen molar-refractivity contribution in [2.45, 2.75) is 58.1 Å². The van der Waals surface area contributed by atoms with E-state index in [1.165, 1.54) is 30.7 Å². The van der Waals surface area contributed by atoms with Gasteiger partial charge in [0.15, 0.2) is 0 Å². The van der Waals surface area contributed by atoms with Crippen molar-refractivity contribution in [3.05, 3.63) is 72.0 Å². The third-order valence-corrected chi connectivity index (χ3v) is 5.59. The number of hydrogen-bond acceptors (Lipinski definition) is 8. The summed E-state index contributed by atoms with van der Waals surface area (Å²) in [5.74, 6) is 0. The molecule has 12 heteroatoms.